The number of amides is 3. The molecule has 2 heterocycles. The van der Waals surface area contributed by atoms with Crippen LogP contribution in [0.25, 0.3) is 0 Å². The van der Waals surface area contributed by atoms with Crippen LogP contribution in [0.15, 0.2) is 24.3 Å². The first-order chi connectivity index (χ1) is 11.6. The number of urea groups is 1. The van der Waals surface area contributed by atoms with Crippen LogP contribution in [0.4, 0.5) is 4.79 Å². The van der Waals surface area contributed by atoms with Gasteiger partial charge in [-0.1, -0.05) is 12.1 Å². The highest BCUT2D eigenvalue weighted by Gasteiger charge is 2.35. The summed E-state index contributed by atoms with van der Waals surface area (Å²) in [7, 11) is 0. The molecule has 0 radical (unpaired) electrons. The summed E-state index contributed by atoms with van der Waals surface area (Å²) in [4.78, 5) is 25.7. The molecule has 0 aliphatic carbocycles. The summed E-state index contributed by atoms with van der Waals surface area (Å²) in [6, 6.07) is 7.19. The maximum Gasteiger partial charge on any atom is 0.312 e. The molecule has 130 valence electrons. The molecule has 3 N–H and O–H groups in total. The summed E-state index contributed by atoms with van der Waals surface area (Å²) in [5.74, 6) is 0.669. The number of carbonyl (C=O) groups is 2. The average Bonchev–Trinajstić information content (AvgIpc) is 3.10. The highest BCUT2D eigenvalue weighted by Crippen LogP contribution is 2.31. The standard InChI is InChI=1S/C18H25N3O3/c19-18(23)20-12-13-3-5-15(6-4-13)17(22)21-9-1-2-16(21)14-7-10-24-11-8-14/h3-6,14,16H,1-2,7-12H2,(H3,19,20,23). The highest BCUT2D eigenvalue weighted by atomic mass is 16.5. The molecule has 3 rings (SSSR count). The molecule has 0 aromatic heterocycles. The van der Waals surface area contributed by atoms with E-state index in [1.165, 1.54) is 0 Å². The number of hydrogen-bond donors (Lipinski definition) is 2. The molecule has 2 aliphatic rings. The zero-order valence-corrected chi connectivity index (χ0v) is 13.9. The van der Waals surface area contributed by atoms with Gasteiger partial charge in [0, 0.05) is 37.9 Å². The molecule has 1 atom stereocenters. The fraction of sp³-hybridized carbons (Fsp3) is 0.556. The first kappa shape index (κ1) is 16.8. The minimum atomic E-state index is -0.550. The lowest BCUT2D eigenvalue weighted by Crippen LogP contribution is -2.41. The van der Waals surface area contributed by atoms with Gasteiger partial charge in [-0.25, -0.2) is 4.79 Å². The van der Waals surface area contributed by atoms with E-state index in [0.717, 1.165) is 51.0 Å². The molecule has 6 heteroatoms. The third kappa shape index (κ3) is 3.87. The van der Waals surface area contributed by atoms with Crippen LogP contribution in [-0.4, -0.2) is 42.6 Å². The van der Waals surface area contributed by atoms with Gasteiger partial charge in [-0.05, 0) is 49.3 Å². The van der Waals surface area contributed by atoms with Gasteiger partial charge in [-0.15, -0.1) is 0 Å². The number of nitrogens with zero attached hydrogens (tertiary/aromatic N) is 1. The van der Waals surface area contributed by atoms with Gasteiger partial charge in [0.25, 0.3) is 5.91 Å². The minimum Gasteiger partial charge on any atom is -0.381 e. The summed E-state index contributed by atoms with van der Waals surface area (Å²) < 4.78 is 5.45. The molecule has 0 bridgehead atoms. The normalized spacial score (nSPS) is 21.7. The first-order valence-corrected chi connectivity index (χ1v) is 8.66. The van der Waals surface area contributed by atoms with Crippen LogP contribution in [0, 0.1) is 5.92 Å². The number of ether oxygens (including phenoxy) is 1. The van der Waals surface area contributed by atoms with E-state index in [0.29, 0.717) is 24.1 Å². The Labute approximate surface area is 142 Å². The van der Waals surface area contributed by atoms with E-state index in [9.17, 15) is 9.59 Å². The quantitative estimate of drug-likeness (QED) is 0.883. The molecule has 1 aromatic rings. The van der Waals surface area contributed by atoms with Gasteiger partial charge in [0.1, 0.15) is 0 Å². The lowest BCUT2D eigenvalue weighted by atomic mass is 9.90. The number of nitrogens with one attached hydrogen (secondary N) is 1. The molecule has 24 heavy (non-hydrogen) atoms. The summed E-state index contributed by atoms with van der Waals surface area (Å²) in [6.45, 7) is 2.83. The molecule has 1 aromatic carbocycles. The van der Waals surface area contributed by atoms with E-state index in [-0.39, 0.29) is 5.91 Å². The van der Waals surface area contributed by atoms with Crippen molar-refractivity contribution < 1.29 is 14.3 Å². The van der Waals surface area contributed by atoms with Gasteiger partial charge < -0.3 is 20.7 Å². The second-order valence-corrected chi connectivity index (χ2v) is 6.57. The summed E-state index contributed by atoms with van der Waals surface area (Å²) in [6.07, 6.45) is 4.27. The Morgan fingerprint density at radius 1 is 1.17 bits per heavy atom. The van der Waals surface area contributed by atoms with Gasteiger partial charge in [-0.2, -0.15) is 0 Å². The smallest absolute Gasteiger partial charge is 0.312 e. The lowest BCUT2D eigenvalue weighted by molar-refractivity contribution is 0.0322. The van der Waals surface area contributed by atoms with Gasteiger partial charge >= 0.3 is 6.03 Å². The molecule has 2 saturated heterocycles. The number of nitrogens with two attached hydrogens (primary N) is 1. The number of carbonyl (C=O) groups excluding carboxylic acids is 2. The zero-order valence-electron chi connectivity index (χ0n) is 13.9. The molecular formula is C18H25N3O3. The molecule has 6 nitrogen and oxygen atoms in total. The largest absolute Gasteiger partial charge is 0.381 e. The van der Waals surface area contributed by atoms with Crippen LogP contribution in [0.1, 0.15) is 41.6 Å². The van der Waals surface area contributed by atoms with Crippen LogP contribution in [0.2, 0.25) is 0 Å². The van der Waals surface area contributed by atoms with Crippen molar-refractivity contribution >= 4 is 11.9 Å². The Balaban J connectivity index is 1.65. The van der Waals surface area contributed by atoms with Crippen LogP contribution in [-0.2, 0) is 11.3 Å². The third-order valence-corrected chi connectivity index (χ3v) is 5.04. The Bertz CT molecular complexity index is 582. The van der Waals surface area contributed by atoms with Gasteiger partial charge in [0.15, 0.2) is 0 Å². The predicted octanol–water partition coefficient (Wildman–Crippen LogP) is 1.89. The predicted molar refractivity (Wildman–Crippen MR) is 90.5 cm³/mol. The third-order valence-electron chi connectivity index (χ3n) is 5.04. The molecule has 0 spiro atoms. The summed E-state index contributed by atoms with van der Waals surface area (Å²) in [5, 5.41) is 2.55. The maximum atomic E-state index is 12.9. The van der Waals surface area contributed by atoms with Crippen molar-refractivity contribution in [2.45, 2.75) is 38.3 Å². The van der Waals surface area contributed by atoms with Crippen LogP contribution in [0.3, 0.4) is 0 Å². The average molecular weight is 331 g/mol. The first-order valence-electron chi connectivity index (χ1n) is 8.66. The van der Waals surface area contributed by atoms with Crippen molar-refractivity contribution in [3.05, 3.63) is 35.4 Å². The fourth-order valence-corrected chi connectivity index (χ4v) is 3.76. The lowest BCUT2D eigenvalue weighted by Gasteiger charge is -2.34. The number of hydrogen-bond acceptors (Lipinski definition) is 3. The van der Waals surface area contributed by atoms with Gasteiger partial charge in [0.2, 0.25) is 0 Å². The van der Waals surface area contributed by atoms with E-state index < -0.39 is 6.03 Å². The van der Waals surface area contributed by atoms with Crippen LogP contribution >= 0.6 is 0 Å². The Morgan fingerprint density at radius 3 is 2.54 bits per heavy atom. The van der Waals surface area contributed by atoms with Crippen molar-refractivity contribution in [3.63, 3.8) is 0 Å². The zero-order chi connectivity index (χ0) is 16.9. The number of likely N-dealkylation sites (tertiary alicyclic amines) is 1. The van der Waals surface area contributed by atoms with Crippen LogP contribution < -0.4 is 11.1 Å². The second-order valence-electron chi connectivity index (χ2n) is 6.57. The van der Waals surface area contributed by atoms with Gasteiger partial charge in [0.05, 0.1) is 0 Å². The van der Waals surface area contributed by atoms with E-state index in [1.54, 1.807) is 0 Å². The van der Waals surface area contributed by atoms with Crippen molar-refractivity contribution in [1.82, 2.24) is 10.2 Å². The maximum absolute atomic E-state index is 12.9. The van der Waals surface area contributed by atoms with Crippen LogP contribution in [0.5, 0.6) is 0 Å². The van der Waals surface area contributed by atoms with Crippen molar-refractivity contribution in [2.24, 2.45) is 11.7 Å². The van der Waals surface area contributed by atoms with E-state index in [1.807, 2.05) is 29.2 Å². The van der Waals surface area contributed by atoms with E-state index >= 15 is 0 Å². The Hall–Kier alpha value is -2.08. The van der Waals surface area contributed by atoms with Crippen molar-refractivity contribution in [3.8, 4) is 0 Å². The number of benzene rings is 1. The monoisotopic (exact) mass is 331 g/mol. The molecule has 0 saturated carbocycles. The topological polar surface area (TPSA) is 84.7 Å². The van der Waals surface area contributed by atoms with E-state index in [2.05, 4.69) is 5.32 Å². The highest BCUT2D eigenvalue weighted by molar-refractivity contribution is 5.94. The SMILES string of the molecule is NC(=O)NCc1ccc(C(=O)N2CCCC2C2CCOCC2)cc1. The van der Waals surface area contributed by atoms with Crippen molar-refractivity contribution in [2.75, 3.05) is 19.8 Å². The minimum absolute atomic E-state index is 0.110. The van der Waals surface area contributed by atoms with Gasteiger partial charge in [-0.3, -0.25) is 4.79 Å². The Morgan fingerprint density at radius 2 is 1.88 bits per heavy atom. The molecule has 3 amide bonds. The van der Waals surface area contributed by atoms with Crippen molar-refractivity contribution in [1.29, 1.82) is 0 Å². The second kappa shape index (κ2) is 7.66. The molecular weight excluding hydrogens is 306 g/mol. The summed E-state index contributed by atoms with van der Waals surface area (Å²) >= 11 is 0. The number of rotatable bonds is 4. The molecule has 2 aliphatic heterocycles. The Kier molecular flexibility index (Phi) is 5.35. The molecule has 1 unspecified atom stereocenters. The number of primary amides is 1. The molecule has 2 fully saturated rings. The van der Waals surface area contributed by atoms with E-state index in [4.69, 9.17) is 10.5 Å². The summed E-state index contributed by atoms with van der Waals surface area (Å²) in [5.41, 5.74) is 6.70. The fourth-order valence-electron chi connectivity index (χ4n) is 3.76.